The van der Waals surface area contributed by atoms with Crippen LogP contribution in [0.2, 0.25) is 0 Å². The van der Waals surface area contributed by atoms with E-state index in [1.165, 1.54) is 14.0 Å². The van der Waals surface area contributed by atoms with Crippen molar-refractivity contribution in [2.75, 3.05) is 21.3 Å². The number of ether oxygens (including phenoxy) is 11. The second-order valence-corrected chi connectivity index (χ2v) is 21.5. The molecule has 24 atom stereocenters. The number of hydrogen-bond acceptors (Lipinski definition) is 17. The number of carbonyl (C=O) groups excluding carboxylic acids is 2. The smallest absolute Gasteiger partial charge is 0.309 e. The lowest BCUT2D eigenvalue weighted by atomic mass is 9.42. The highest BCUT2D eigenvalue weighted by Crippen LogP contribution is 2.71. The minimum atomic E-state index is -1.61. The average molecular weight is 943 g/mol. The summed E-state index contributed by atoms with van der Waals surface area (Å²) in [5, 5.41) is 47.0. The van der Waals surface area contributed by atoms with Crippen LogP contribution >= 0.6 is 0 Å². The first-order valence-corrected chi connectivity index (χ1v) is 24.8. The molecule has 0 unspecified atom stereocenters. The molecule has 0 amide bonds. The predicted molar refractivity (Wildman–Crippen MR) is 235 cm³/mol. The Morgan fingerprint density at radius 2 is 1.33 bits per heavy atom. The molecule has 4 N–H and O–H groups in total. The Kier molecular flexibility index (Phi) is 16.0. The number of fused-ring (bicyclic) bond motifs is 5. The van der Waals surface area contributed by atoms with Gasteiger partial charge in [0.2, 0.25) is 0 Å². The Hall–Kier alpha value is -1.58. The van der Waals surface area contributed by atoms with Crippen LogP contribution < -0.4 is 0 Å². The number of aliphatic hydroxyl groups is 4. The fourth-order valence-electron chi connectivity index (χ4n) is 13.9. The Morgan fingerprint density at radius 3 is 1.92 bits per heavy atom. The van der Waals surface area contributed by atoms with Crippen LogP contribution in [0.5, 0.6) is 0 Å². The van der Waals surface area contributed by atoms with E-state index in [0.29, 0.717) is 32.1 Å². The molecule has 7 fully saturated rings. The van der Waals surface area contributed by atoms with Crippen LogP contribution in [0.15, 0.2) is 0 Å². The molecule has 0 radical (unpaired) electrons. The van der Waals surface area contributed by atoms with Crippen LogP contribution in [0.1, 0.15) is 133 Å². The van der Waals surface area contributed by atoms with Gasteiger partial charge in [0.1, 0.15) is 48.3 Å². The zero-order valence-electron chi connectivity index (χ0n) is 41.4. The van der Waals surface area contributed by atoms with Crippen molar-refractivity contribution in [3.05, 3.63) is 0 Å². The number of hydrogen-bond donors (Lipinski definition) is 4. The van der Waals surface area contributed by atoms with Gasteiger partial charge in [-0.2, -0.15) is 0 Å². The summed E-state index contributed by atoms with van der Waals surface area (Å²) in [4.78, 5) is 25.8. The Morgan fingerprint density at radius 1 is 0.712 bits per heavy atom. The van der Waals surface area contributed by atoms with Gasteiger partial charge in [0.15, 0.2) is 18.9 Å². The van der Waals surface area contributed by atoms with Crippen molar-refractivity contribution < 1.29 is 82.1 Å². The first-order valence-electron chi connectivity index (χ1n) is 24.8. The van der Waals surface area contributed by atoms with E-state index in [1.807, 2.05) is 27.7 Å². The third-order valence-electron chi connectivity index (χ3n) is 18.2. The molecule has 3 heterocycles. The normalized spacial score (nSPS) is 50.3. The summed E-state index contributed by atoms with van der Waals surface area (Å²) in [7, 11) is 4.67. The fraction of sp³-hybridized carbons (Fsp3) is 0.959. The largest absolute Gasteiger partial charge is 0.462 e. The van der Waals surface area contributed by atoms with Crippen molar-refractivity contribution in [2.45, 2.75) is 242 Å². The zero-order chi connectivity index (χ0) is 48.3. The molecular formula is C49H82O17. The number of methoxy groups -OCH3 is 3. The van der Waals surface area contributed by atoms with E-state index < -0.39 is 109 Å². The van der Waals surface area contributed by atoms with E-state index >= 15 is 0 Å². The Bertz CT molecular complexity index is 1670. The molecule has 0 aromatic carbocycles. The number of esters is 2. The monoisotopic (exact) mass is 943 g/mol. The number of rotatable bonds is 14. The quantitative estimate of drug-likeness (QED) is 0.141. The van der Waals surface area contributed by atoms with E-state index in [2.05, 4.69) is 6.92 Å². The molecule has 17 heteroatoms. The van der Waals surface area contributed by atoms with Gasteiger partial charge in [0.05, 0.1) is 53.6 Å². The Labute approximate surface area is 391 Å². The van der Waals surface area contributed by atoms with Crippen molar-refractivity contribution in [1.29, 1.82) is 0 Å². The first-order chi connectivity index (χ1) is 31.1. The lowest BCUT2D eigenvalue weighted by Gasteiger charge is -2.66. The minimum Gasteiger partial charge on any atom is -0.462 e. The molecule has 0 bridgehead atoms. The topological polar surface area (TPSA) is 217 Å². The van der Waals surface area contributed by atoms with Crippen molar-refractivity contribution in [1.82, 2.24) is 0 Å². The third kappa shape index (κ3) is 9.15. The Balaban J connectivity index is 0.971. The summed E-state index contributed by atoms with van der Waals surface area (Å²) in [6.07, 6.45) is -4.11. The molecule has 17 nitrogen and oxygen atoms in total. The van der Waals surface area contributed by atoms with Crippen LogP contribution in [0.25, 0.3) is 0 Å². The van der Waals surface area contributed by atoms with Crippen LogP contribution in [-0.4, -0.2) is 163 Å². The summed E-state index contributed by atoms with van der Waals surface area (Å²) in [6.45, 7) is 16.5. The molecule has 380 valence electrons. The summed E-state index contributed by atoms with van der Waals surface area (Å²) in [5.74, 6) is -1.02. The summed E-state index contributed by atoms with van der Waals surface area (Å²) in [5.41, 5.74) is -4.41. The third-order valence-corrected chi connectivity index (χ3v) is 18.2. The van der Waals surface area contributed by atoms with E-state index in [-0.39, 0.29) is 53.7 Å². The molecule has 4 saturated carbocycles. The molecule has 3 saturated heterocycles. The maximum atomic E-state index is 13.0. The van der Waals surface area contributed by atoms with Crippen molar-refractivity contribution in [2.24, 2.45) is 34.5 Å². The van der Waals surface area contributed by atoms with Gasteiger partial charge in [-0.15, -0.1) is 0 Å². The first kappa shape index (κ1) is 52.2. The summed E-state index contributed by atoms with van der Waals surface area (Å²) < 4.78 is 67.6. The molecule has 0 spiro atoms. The van der Waals surface area contributed by atoms with E-state index in [9.17, 15) is 30.0 Å². The molecule has 3 aliphatic heterocycles. The molecule has 0 aromatic rings. The summed E-state index contributed by atoms with van der Waals surface area (Å²) in [6, 6.07) is 0. The van der Waals surface area contributed by atoms with Crippen molar-refractivity contribution >= 4 is 11.9 Å². The van der Waals surface area contributed by atoms with Crippen LogP contribution in [0, 0.1) is 34.5 Å². The van der Waals surface area contributed by atoms with E-state index in [1.54, 1.807) is 35.0 Å². The van der Waals surface area contributed by atoms with Gasteiger partial charge in [-0.3, -0.25) is 9.59 Å². The highest BCUT2D eigenvalue weighted by molar-refractivity contribution is 5.72. The van der Waals surface area contributed by atoms with Crippen molar-refractivity contribution in [3.63, 3.8) is 0 Å². The van der Waals surface area contributed by atoms with Gasteiger partial charge in [-0.05, 0) is 109 Å². The van der Waals surface area contributed by atoms with Gasteiger partial charge in [0, 0.05) is 41.1 Å². The number of carbonyl (C=O) groups is 2. The van der Waals surface area contributed by atoms with Crippen molar-refractivity contribution in [3.8, 4) is 0 Å². The van der Waals surface area contributed by atoms with Crippen LogP contribution in [-0.2, 0) is 61.7 Å². The average Bonchev–Trinajstić information content (AvgIpc) is 3.50. The summed E-state index contributed by atoms with van der Waals surface area (Å²) >= 11 is 0. The highest BCUT2D eigenvalue weighted by atomic mass is 16.8. The zero-order valence-corrected chi connectivity index (χ0v) is 41.4. The van der Waals surface area contributed by atoms with Gasteiger partial charge in [0.25, 0.3) is 0 Å². The minimum absolute atomic E-state index is 0.0267. The maximum Gasteiger partial charge on any atom is 0.309 e. The van der Waals surface area contributed by atoms with Gasteiger partial charge in [-0.1, -0.05) is 27.7 Å². The van der Waals surface area contributed by atoms with Gasteiger partial charge >= 0.3 is 11.9 Å². The molecule has 7 rings (SSSR count). The van der Waals surface area contributed by atoms with E-state index in [4.69, 9.17) is 52.1 Å². The van der Waals surface area contributed by atoms with Crippen LogP contribution in [0.4, 0.5) is 0 Å². The highest BCUT2D eigenvalue weighted by Gasteiger charge is 2.77. The predicted octanol–water partition coefficient (Wildman–Crippen LogP) is 4.33. The maximum absolute atomic E-state index is 13.0. The fourth-order valence-corrected chi connectivity index (χ4v) is 13.9. The standard InChI is InChI=1S/C49H82O17/c1-13-24(2)44(53)62-28(6)48(54)18-19-49(55)32-15-14-30-20-31(16-17-46(30,8)33(32)21-36(47(48,49)9)63-29(7)50)64-37-22-34(56-10)41(26(4)59-37)65-38-23-35(57-11)42(27(5)60-38)66-45-40(52)43(58-12)39(51)25(3)61-45/h24-28,30-43,45,51-52,54-55H,13-23H2,1-12H3/t24-,25+,26-,27-,28-,30+,31-,32-,33+,34-,35-,36-,37+,38+,39+,40+,41-,42-,43-,45-,46-,47-,48-,49-/m1/s1. The second-order valence-electron chi connectivity index (χ2n) is 21.5. The van der Waals surface area contributed by atoms with E-state index in [0.717, 1.165) is 32.1 Å². The molecule has 7 aliphatic rings. The lowest BCUT2D eigenvalue weighted by molar-refractivity contribution is -0.352. The number of aliphatic hydroxyl groups excluding tert-OH is 2. The molecular weight excluding hydrogens is 861 g/mol. The lowest BCUT2D eigenvalue weighted by Crippen LogP contribution is -2.72. The second kappa shape index (κ2) is 20.3. The van der Waals surface area contributed by atoms with Gasteiger partial charge < -0.3 is 72.5 Å². The molecule has 4 aliphatic carbocycles. The SMILES string of the molecule is CC[C@@H](C)C(=O)O[C@H](C)[C@]1(O)CC[C@@]2(O)[C@@H]3CC[C@H]4C[C@H](O[C@H]5C[C@@H](OC)[C@H](O[C@H]6C[C@@H](OC)[C@H](O[C@H]7O[C@@H](C)[C@H](O)[C@@H](OC)[C@@H]7O)[C@@H](C)O6)[C@@H](C)O5)CC[C@@]4(C)[C@H]3C[C@@H](OC(C)=O)[C@@]21C. The molecule has 66 heavy (non-hydrogen) atoms. The van der Waals surface area contributed by atoms with Gasteiger partial charge in [-0.25, -0.2) is 0 Å². The van der Waals surface area contributed by atoms with Crippen LogP contribution in [0.3, 0.4) is 0 Å². The molecule has 0 aromatic heterocycles.